The highest BCUT2D eigenvalue weighted by Gasteiger charge is 2.08. The summed E-state index contributed by atoms with van der Waals surface area (Å²) >= 11 is 0. The highest BCUT2D eigenvalue weighted by atomic mass is 32.2. The Morgan fingerprint density at radius 1 is 1.33 bits per heavy atom. The monoisotopic (exact) mass is 270 g/mol. The molecule has 1 rings (SSSR count). The molecule has 0 radical (unpaired) electrons. The Labute approximate surface area is 108 Å². The molecular weight excluding hydrogens is 252 g/mol. The zero-order valence-corrected chi connectivity index (χ0v) is 11.4. The lowest BCUT2D eigenvalue weighted by atomic mass is 10.2. The van der Waals surface area contributed by atoms with Crippen molar-refractivity contribution in [3.63, 3.8) is 0 Å². The molecule has 18 heavy (non-hydrogen) atoms. The number of sulfone groups is 1. The van der Waals surface area contributed by atoms with Crippen LogP contribution >= 0.6 is 0 Å². The van der Waals surface area contributed by atoms with Gasteiger partial charge in [-0.05, 0) is 24.7 Å². The quantitative estimate of drug-likeness (QED) is 0.801. The van der Waals surface area contributed by atoms with Gasteiger partial charge in [-0.15, -0.1) is 0 Å². The fourth-order valence-electron chi connectivity index (χ4n) is 1.46. The zero-order valence-electron chi connectivity index (χ0n) is 10.6. The molecule has 100 valence electrons. The summed E-state index contributed by atoms with van der Waals surface area (Å²) in [5.74, 6) is -0.420. The van der Waals surface area contributed by atoms with Crippen molar-refractivity contribution in [2.45, 2.75) is 13.0 Å². The van der Waals surface area contributed by atoms with Crippen molar-refractivity contribution >= 4 is 21.4 Å². The van der Waals surface area contributed by atoms with Gasteiger partial charge in [0.05, 0.1) is 5.75 Å². The number of rotatable bonds is 6. The first-order valence-electron chi connectivity index (χ1n) is 5.62. The van der Waals surface area contributed by atoms with E-state index in [0.29, 0.717) is 12.2 Å². The standard InChI is InChI=1S/C12H18N2O3S/c1-13-9-10-4-3-5-11(8-10)14-12(15)6-7-18(2,16)17/h3-5,8,13H,6-7,9H2,1-2H3,(H,14,15). The van der Waals surface area contributed by atoms with Gasteiger partial charge in [-0.25, -0.2) is 8.42 Å². The lowest BCUT2D eigenvalue weighted by molar-refractivity contribution is -0.115. The third kappa shape index (κ3) is 5.79. The van der Waals surface area contributed by atoms with Crippen LogP contribution in [0.1, 0.15) is 12.0 Å². The third-order valence-electron chi connectivity index (χ3n) is 2.29. The van der Waals surface area contributed by atoms with Gasteiger partial charge in [0.25, 0.3) is 0 Å². The van der Waals surface area contributed by atoms with Gasteiger partial charge in [-0.2, -0.15) is 0 Å². The third-order valence-corrected chi connectivity index (χ3v) is 3.24. The molecule has 0 aliphatic rings. The van der Waals surface area contributed by atoms with Crippen molar-refractivity contribution < 1.29 is 13.2 Å². The van der Waals surface area contributed by atoms with Gasteiger partial charge < -0.3 is 10.6 Å². The molecule has 0 saturated heterocycles. The van der Waals surface area contributed by atoms with Gasteiger partial charge in [0.2, 0.25) is 5.91 Å². The van der Waals surface area contributed by atoms with Gasteiger partial charge >= 0.3 is 0 Å². The Morgan fingerprint density at radius 3 is 2.67 bits per heavy atom. The highest BCUT2D eigenvalue weighted by molar-refractivity contribution is 7.90. The van der Waals surface area contributed by atoms with Gasteiger partial charge in [0, 0.05) is 24.9 Å². The molecule has 5 nitrogen and oxygen atoms in total. The lowest BCUT2D eigenvalue weighted by Gasteiger charge is -2.07. The maximum absolute atomic E-state index is 11.5. The largest absolute Gasteiger partial charge is 0.326 e. The minimum absolute atomic E-state index is 0.0188. The Morgan fingerprint density at radius 2 is 2.06 bits per heavy atom. The van der Waals surface area contributed by atoms with Crippen LogP contribution in [0.25, 0.3) is 0 Å². The lowest BCUT2D eigenvalue weighted by Crippen LogP contribution is -2.16. The second-order valence-corrected chi connectivity index (χ2v) is 6.42. The summed E-state index contributed by atoms with van der Waals surface area (Å²) in [6.45, 7) is 0.715. The Kier molecular flexibility index (Phi) is 5.30. The summed E-state index contributed by atoms with van der Waals surface area (Å²) in [6.07, 6.45) is 1.10. The van der Waals surface area contributed by atoms with Crippen molar-refractivity contribution in [3.05, 3.63) is 29.8 Å². The van der Waals surface area contributed by atoms with Crippen molar-refractivity contribution in [3.8, 4) is 0 Å². The van der Waals surface area contributed by atoms with Crippen LogP contribution in [0.4, 0.5) is 5.69 Å². The topological polar surface area (TPSA) is 75.3 Å². The van der Waals surface area contributed by atoms with Crippen molar-refractivity contribution in [1.82, 2.24) is 5.32 Å². The van der Waals surface area contributed by atoms with Crippen molar-refractivity contribution in [2.24, 2.45) is 0 Å². The number of anilines is 1. The minimum atomic E-state index is -3.10. The number of carbonyl (C=O) groups excluding carboxylic acids is 1. The molecule has 0 spiro atoms. The van der Waals surface area contributed by atoms with Crippen LogP contribution in [0.3, 0.4) is 0 Å². The highest BCUT2D eigenvalue weighted by Crippen LogP contribution is 2.10. The van der Waals surface area contributed by atoms with Crippen LogP contribution in [-0.4, -0.2) is 33.4 Å². The van der Waals surface area contributed by atoms with E-state index >= 15 is 0 Å². The minimum Gasteiger partial charge on any atom is -0.326 e. The van der Waals surface area contributed by atoms with Crippen molar-refractivity contribution in [1.29, 1.82) is 0 Å². The maximum atomic E-state index is 11.5. The molecule has 0 saturated carbocycles. The van der Waals surface area contributed by atoms with E-state index in [4.69, 9.17) is 0 Å². The molecule has 0 aliphatic carbocycles. The summed E-state index contributed by atoms with van der Waals surface area (Å²) in [5, 5.41) is 5.70. The molecule has 2 N–H and O–H groups in total. The summed E-state index contributed by atoms with van der Waals surface area (Å²) in [4.78, 5) is 11.5. The van der Waals surface area contributed by atoms with E-state index in [-0.39, 0.29) is 18.1 Å². The molecule has 0 fully saturated rings. The Balaban J connectivity index is 2.56. The van der Waals surface area contributed by atoms with E-state index in [1.54, 1.807) is 6.07 Å². The van der Waals surface area contributed by atoms with E-state index < -0.39 is 9.84 Å². The second-order valence-electron chi connectivity index (χ2n) is 4.16. The van der Waals surface area contributed by atoms with E-state index in [2.05, 4.69) is 10.6 Å². The fraction of sp³-hybridized carbons (Fsp3) is 0.417. The van der Waals surface area contributed by atoms with E-state index in [9.17, 15) is 13.2 Å². The van der Waals surface area contributed by atoms with Gasteiger partial charge in [0.1, 0.15) is 9.84 Å². The first-order valence-corrected chi connectivity index (χ1v) is 7.68. The average molecular weight is 270 g/mol. The molecule has 0 bridgehead atoms. The van der Waals surface area contributed by atoms with Crippen LogP contribution in [0, 0.1) is 0 Å². The summed E-state index contributed by atoms with van der Waals surface area (Å²) < 4.78 is 21.9. The van der Waals surface area contributed by atoms with E-state index in [1.165, 1.54) is 0 Å². The molecular formula is C12H18N2O3S. The van der Waals surface area contributed by atoms with Crippen LogP contribution in [0.2, 0.25) is 0 Å². The van der Waals surface area contributed by atoms with Gasteiger partial charge in [-0.3, -0.25) is 4.79 Å². The first kappa shape index (κ1) is 14.7. The molecule has 6 heteroatoms. The SMILES string of the molecule is CNCc1cccc(NC(=O)CCS(C)(=O)=O)c1. The van der Waals surface area contributed by atoms with E-state index in [0.717, 1.165) is 11.8 Å². The molecule has 0 heterocycles. The summed E-state index contributed by atoms with van der Waals surface area (Å²) in [7, 11) is -1.25. The molecule has 1 aromatic carbocycles. The number of hydrogen-bond donors (Lipinski definition) is 2. The van der Waals surface area contributed by atoms with E-state index in [1.807, 2.05) is 25.2 Å². The molecule has 0 atom stereocenters. The average Bonchev–Trinajstić information content (AvgIpc) is 2.26. The first-order chi connectivity index (χ1) is 8.40. The number of benzene rings is 1. The predicted molar refractivity (Wildman–Crippen MR) is 72.2 cm³/mol. The van der Waals surface area contributed by atoms with Crippen LogP contribution in [-0.2, 0) is 21.2 Å². The number of amides is 1. The molecule has 0 aromatic heterocycles. The normalized spacial score (nSPS) is 11.2. The number of carbonyl (C=O) groups is 1. The van der Waals surface area contributed by atoms with Gasteiger partial charge in [0.15, 0.2) is 0 Å². The molecule has 0 aliphatic heterocycles. The fourth-order valence-corrected chi connectivity index (χ4v) is 2.02. The zero-order chi connectivity index (χ0) is 13.6. The predicted octanol–water partition coefficient (Wildman–Crippen LogP) is 0.779. The smallest absolute Gasteiger partial charge is 0.225 e. The Hall–Kier alpha value is -1.40. The maximum Gasteiger partial charge on any atom is 0.225 e. The second kappa shape index (κ2) is 6.51. The van der Waals surface area contributed by atoms with Crippen LogP contribution < -0.4 is 10.6 Å². The Bertz CT molecular complexity index is 512. The van der Waals surface area contributed by atoms with Crippen LogP contribution in [0.15, 0.2) is 24.3 Å². The molecule has 0 unspecified atom stereocenters. The number of hydrogen-bond acceptors (Lipinski definition) is 4. The summed E-state index contributed by atoms with van der Waals surface area (Å²) in [6, 6.07) is 7.42. The summed E-state index contributed by atoms with van der Waals surface area (Å²) in [5.41, 5.74) is 1.74. The molecule has 1 amide bonds. The van der Waals surface area contributed by atoms with Crippen molar-refractivity contribution in [2.75, 3.05) is 24.4 Å². The van der Waals surface area contributed by atoms with Gasteiger partial charge in [-0.1, -0.05) is 12.1 Å². The van der Waals surface area contributed by atoms with Crippen LogP contribution in [0.5, 0.6) is 0 Å². The molecule has 1 aromatic rings. The number of nitrogens with one attached hydrogen (secondary N) is 2.